The zero-order chi connectivity index (χ0) is 8.10. The molecule has 1 aliphatic heterocycles. The summed E-state index contributed by atoms with van der Waals surface area (Å²) in [6.45, 7) is 8.30. The van der Waals surface area contributed by atoms with Gasteiger partial charge in [-0.05, 0) is 6.08 Å². The highest BCUT2D eigenvalue weighted by Gasteiger charge is 2.23. The maximum absolute atomic E-state index is 5.22. The van der Waals surface area contributed by atoms with Crippen LogP contribution in [-0.2, 0) is 14.2 Å². The lowest BCUT2D eigenvalue weighted by Crippen LogP contribution is -2.14. The molecule has 0 aromatic carbocycles. The number of hydrogen-bond acceptors (Lipinski definition) is 3. The van der Waals surface area contributed by atoms with Crippen LogP contribution >= 0.6 is 0 Å². The van der Waals surface area contributed by atoms with Crippen molar-refractivity contribution in [3.05, 3.63) is 25.5 Å². The van der Waals surface area contributed by atoms with Crippen molar-refractivity contribution >= 4 is 0 Å². The van der Waals surface area contributed by atoms with E-state index in [0.29, 0.717) is 6.61 Å². The molecule has 0 aromatic rings. The van der Waals surface area contributed by atoms with Crippen LogP contribution in [0, 0.1) is 0 Å². The topological polar surface area (TPSA) is 31.0 Å². The van der Waals surface area contributed by atoms with Gasteiger partial charge in [-0.3, -0.25) is 0 Å². The summed E-state index contributed by atoms with van der Waals surface area (Å²) in [5, 5.41) is 0. The van der Waals surface area contributed by atoms with E-state index in [2.05, 4.69) is 13.2 Å². The van der Waals surface area contributed by atoms with Gasteiger partial charge >= 0.3 is 0 Å². The minimum absolute atomic E-state index is 0.255. The Morgan fingerprint density at radius 2 is 2.36 bits per heavy atom. The molecule has 1 saturated heterocycles. The maximum atomic E-state index is 5.22. The largest absolute Gasteiger partial charge is 0.469 e. The van der Waals surface area contributed by atoms with Gasteiger partial charge in [-0.15, -0.1) is 0 Å². The minimum atomic E-state index is -0.392. The van der Waals surface area contributed by atoms with E-state index in [1.54, 1.807) is 6.08 Å². The van der Waals surface area contributed by atoms with Crippen LogP contribution in [0.5, 0.6) is 0 Å². The summed E-state index contributed by atoms with van der Waals surface area (Å²) in [6, 6.07) is 0. The molecule has 0 aliphatic carbocycles. The SMILES string of the molecule is C=COC(C=C)OCC1CO1. The lowest BCUT2D eigenvalue weighted by molar-refractivity contribution is -0.0758. The van der Waals surface area contributed by atoms with Crippen LogP contribution in [0.3, 0.4) is 0 Å². The van der Waals surface area contributed by atoms with Gasteiger partial charge in [0.25, 0.3) is 0 Å². The van der Waals surface area contributed by atoms with Crippen molar-refractivity contribution in [1.29, 1.82) is 0 Å². The van der Waals surface area contributed by atoms with Gasteiger partial charge in [0.1, 0.15) is 6.10 Å². The first-order valence-electron chi connectivity index (χ1n) is 3.49. The molecule has 3 heteroatoms. The zero-order valence-corrected chi connectivity index (χ0v) is 6.36. The monoisotopic (exact) mass is 156 g/mol. The molecule has 0 aromatic heterocycles. The summed E-state index contributed by atoms with van der Waals surface area (Å²) in [5.41, 5.74) is 0. The lowest BCUT2D eigenvalue weighted by atomic mass is 10.5. The van der Waals surface area contributed by atoms with E-state index in [1.807, 2.05) is 0 Å². The molecule has 1 aliphatic rings. The smallest absolute Gasteiger partial charge is 0.218 e. The van der Waals surface area contributed by atoms with Gasteiger partial charge < -0.3 is 14.2 Å². The normalized spacial score (nSPS) is 23.8. The average Bonchev–Trinajstić information content (AvgIpc) is 2.81. The Kier molecular flexibility index (Phi) is 3.14. The fourth-order valence-electron chi connectivity index (χ4n) is 0.624. The quantitative estimate of drug-likeness (QED) is 0.249. The van der Waals surface area contributed by atoms with Crippen LogP contribution < -0.4 is 0 Å². The number of hydrogen-bond donors (Lipinski definition) is 0. The van der Waals surface area contributed by atoms with E-state index in [9.17, 15) is 0 Å². The van der Waals surface area contributed by atoms with Gasteiger partial charge in [-0.2, -0.15) is 0 Å². The second kappa shape index (κ2) is 4.16. The molecule has 3 nitrogen and oxygen atoms in total. The van der Waals surface area contributed by atoms with Gasteiger partial charge in [-0.25, -0.2) is 0 Å². The Hall–Kier alpha value is -0.800. The van der Waals surface area contributed by atoms with Crippen molar-refractivity contribution in [2.45, 2.75) is 12.4 Å². The van der Waals surface area contributed by atoms with Crippen LogP contribution in [-0.4, -0.2) is 25.6 Å². The van der Waals surface area contributed by atoms with Gasteiger partial charge in [0.2, 0.25) is 6.29 Å². The van der Waals surface area contributed by atoms with E-state index in [0.717, 1.165) is 6.61 Å². The standard InChI is InChI=1S/C8H12O3/c1-3-8(9-4-2)11-6-7-5-10-7/h3-4,7-8H,1-2,5-6H2. The molecule has 11 heavy (non-hydrogen) atoms. The second-order valence-corrected chi connectivity index (χ2v) is 2.20. The first-order valence-corrected chi connectivity index (χ1v) is 3.49. The van der Waals surface area contributed by atoms with Crippen molar-refractivity contribution in [3.63, 3.8) is 0 Å². The van der Waals surface area contributed by atoms with Crippen LogP contribution in [0.1, 0.15) is 0 Å². The van der Waals surface area contributed by atoms with Crippen molar-refractivity contribution in [3.8, 4) is 0 Å². The fraction of sp³-hybridized carbons (Fsp3) is 0.500. The summed E-state index contributed by atoms with van der Waals surface area (Å²) in [6.07, 6.45) is 2.77. The maximum Gasteiger partial charge on any atom is 0.218 e. The molecule has 1 rings (SSSR count). The van der Waals surface area contributed by atoms with Crippen LogP contribution in [0.2, 0.25) is 0 Å². The Morgan fingerprint density at radius 1 is 1.64 bits per heavy atom. The molecule has 0 radical (unpaired) electrons. The van der Waals surface area contributed by atoms with E-state index in [1.165, 1.54) is 6.26 Å². The predicted molar refractivity (Wildman–Crippen MR) is 41.0 cm³/mol. The molecular weight excluding hydrogens is 144 g/mol. The van der Waals surface area contributed by atoms with Crippen molar-refractivity contribution in [2.24, 2.45) is 0 Å². The van der Waals surface area contributed by atoms with Crippen molar-refractivity contribution in [1.82, 2.24) is 0 Å². The van der Waals surface area contributed by atoms with E-state index < -0.39 is 6.29 Å². The number of ether oxygens (including phenoxy) is 3. The highest BCUT2D eigenvalue weighted by Crippen LogP contribution is 2.10. The predicted octanol–water partition coefficient (Wildman–Crippen LogP) is 1.07. The van der Waals surface area contributed by atoms with E-state index in [-0.39, 0.29) is 6.10 Å². The zero-order valence-electron chi connectivity index (χ0n) is 6.36. The van der Waals surface area contributed by atoms with Crippen molar-refractivity contribution < 1.29 is 14.2 Å². The Labute approximate surface area is 66.2 Å². The summed E-state index contributed by atoms with van der Waals surface area (Å²) in [4.78, 5) is 0. The molecule has 0 saturated carbocycles. The molecule has 1 heterocycles. The molecule has 0 bridgehead atoms. The molecule has 2 atom stereocenters. The molecule has 1 fully saturated rings. The number of rotatable bonds is 6. The van der Waals surface area contributed by atoms with Crippen molar-refractivity contribution in [2.75, 3.05) is 13.2 Å². The third kappa shape index (κ3) is 3.20. The molecule has 0 amide bonds. The lowest BCUT2D eigenvalue weighted by Gasteiger charge is -2.11. The summed E-state index contributed by atoms with van der Waals surface area (Å²) >= 11 is 0. The molecule has 0 N–H and O–H groups in total. The van der Waals surface area contributed by atoms with Gasteiger partial charge in [0.15, 0.2) is 0 Å². The Morgan fingerprint density at radius 3 is 2.82 bits per heavy atom. The first-order chi connectivity index (χ1) is 5.36. The highest BCUT2D eigenvalue weighted by atomic mass is 16.7. The minimum Gasteiger partial charge on any atom is -0.469 e. The molecule has 2 unspecified atom stereocenters. The number of epoxide rings is 1. The third-order valence-electron chi connectivity index (χ3n) is 1.27. The van der Waals surface area contributed by atoms with Gasteiger partial charge in [0, 0.05) is 0 Å². The molecular formula is C8H12O3. The average molecular weight is 156 g/mol. The summed E-state index contributed by atoms with van der Waals surface area (Å²) in [5.74, 6) is 0. The summed E-state index contributed by atoms with van der Waals surface area (Å²) < 4.78 is 15.1. The molecule has 62 valence electrons. The second-order valence-electron chi connectivity index (χ2n) is 2.20. The fourth-order valence-corrected chi connectivity index (χ4v) is 0.624. The van der Waals surface area contributed by atoms with Crippen LogP contribution in [0.4, 0.5) is 0 Å². The van der Waals surface area contributed by atoms with E-state index in [4.69, 9.17) is 14.2 Å². The summed E-state index contributed by atoms with van der Waals surface area (Å²) in [7, 11) is 0. The van der Waals surface area contributed by atoms with Gasteiger partial charge in [0.05, 0.1) is 19.5 Å². The van der Waals surface area contributed by atoms with Crippen LogP contribution in [0.15, 0.2) is 25.5 Å². The van der Waals surface area contributed by atoms with Gasteiger partial charge in [-0.1, -0.05) is 13.2 Å². The Balaban J connectivity index is 2.07. The molecule has 0 spiro atoms. The first kappa shape index (κ1) is 8.30. The highest BCUT2D eigenvalue weighted by molar-refractivity contribution is 4.76. The third-order valence-corrected chi connectivity index (χ3v) is 1.27. The Bertz CT molecular complexity index is 140. The van der Waals surface area contributed by atoms with Crippen LogP contribution in [0.25, 0.3) is 0 Å². The van der Waals surface area contributed by atoms with E-state index >= 15 is 0 Å².